The van der Waals surface area contributed by atoms with E-state index in [1.165, 1.54) is 0 Å². The molecule has 3 nitrogen and oxygen atoms in total. The number of carbonyl (C=O) groups excluding carboxylic acids is 1. The highest BCUT2D eigenvalue weighted by Gasteiger charge is 2.43. The summed E-state index contributed by atoms with van der Waals surface area (Å²) >= 11 is 0. The molecule has 2 heterocycles. The van der Waals surface area contributed by atoms with Crippen molar-refractivity contribution in [1.29, 1.82) is 0 Å². The fourth-order valence-corrected chi connectivity index (χ4v) is 2.30. The van der Waals surface area contributed by atoms with Gasteiger partial charge in [-0.1, -0.05) is 0 Å². The summed E-state index contributed by atoms with van der Waals surface area (Å²) in [6, 6.07) is 0. The molecule has 0 aromatic carbocycles. The average molecular weight is 169 g/mol. The molecule has 2 aliphatic heterocycles. The Hall–Kier alpha value is -0.410. The van der Waals surface area contributed by atoms with Gasteiger partial charge in [-0.15, -0.1) is 0 Å². The Bertz CT molecular complexity index is 193. The predicted molar refractivity (Wildman–Crippen MR) is 44.7 cm³/mol. The number of hydrogen-bond acceptors (Lipinski definition) is 3. The van der Waals surface area contributed by atoms with E-state index in [0.717, 1.165) is 19.3 Å². The zero-order chi connectivity index (χ0) is 8.55. The standard InChI is InChI=1S/C9H15NO2/c10-4-3-8(11)7-5-6-1-2-9(7)12-6/h6-7,9H,1-5,10H2. The summed E-state index contributed by atoms with van der Waals surface area (Å²) in [6.45, 7) is 0.479. The van der Waals surface area contributed by atoms with Crippen LogP contribution in [0, 0.1) is 5.92 Å². The van der Waals surface area contributed by atoms with E-state index < -0.39 is 0 Å². The molecular weight excluding hydrogens is 154 g/mol. The largest absolute Gasteiger partial charge is 0.374 e. The fraction of sp³-hybridized carbons (Fsp3) is 0.889. The van der Waals surface area contributed by atoms with Crippen LogP contribution in [0.5, 0.6) is 0 Å². The number of ketones is 1. The SMILES string of the molecule is NCCC(=O)C1CC2CCC1O2. The minimum absolute atomic E-state index is 0.173. The van der Waals surface area contributed by atoms with Crippen LogP contribution in [0.25, 0.3) is 0 Å². The molecule has 2 rings (SSSR count). The summed E-state index contributed by atoms with van der Waals surface area (Å²) in [4.78, 5) is 11.5. The normalized spacial score (nSPS) is 38.9. The van der Waals surface area contributed by atoms with Gasteiger partial charge in [0.2, 0.25) is 0 Å². The zero-order valence-corrected chi connectivity index (χ0v) is 7.16. The lowest BCUT2D eigenvalue weighted by atomic mass is 9.85. The third kappa shape index (κ3) is 1.27. The van der Waals surface area contributed by atoms with Gasteiger partial charge in [0.15, 0.2) is 0 Å². The molecular formula is C9H15NO2. The van der Waals surface area contributed by atoms with Gasteiger partial charge in [-0.05, 0) is 25.8 Å². The van der Waals surface area contributed by atoms with Gasteiger partial charge >= 0.3 is 0 Å². The molecule has 0 amide bonds. The topological polar surface area (TPSA) is 52.3 Å². The van der Waals surface area contributed by atoms with Gasteiger partial charge in [0.05, 0.1) is 12.2 Å². The van der Waals surface area contributed by atoms with Gasteiger partial charge in [-0.3, -0.25) is 4.79 Å². The quantitative estimate of drug-likeness (QED) is 0.668. The van der Waals surface area contributed by atoms with Crippen LogP contribution in [-0.2, 0) is 9.53 Å². The maximum absolute atomic E-state index is 11.5. The summed E-state index contributed by atoms with van der Waals surface area (Å²) in [5.74, 6) is 0.483. The third-order valence-electron chi connectivity index (χ3n) is 2.91. The smallest absolute Gasteiger partial charge is 0.139 e. The van der Waals surface area contributed by atoms with Crippen LogP contribution < -0.4 is 5.73 Å². The summed E-state index contributed by atoms with van der Waals surface area (Å²) in [5, 5.41) is 0. The predicted octanol–water partition coefficient (Wildman–Crippen LogP) is 0.472. The second-order valence-electron chi connectivity index (χ2n) is 3.72. The Balaban J connectivity index is 1.93. The second kappa shape index (κ2) is 3.15. The molecule has 68 valence electrons. The van der Waals surface area contributed by atoms with Gasteiger partial charge in [0.25, 0.3) is 0 Å². The van der Waals surface area contributed by atoms with Gasteiger partial charge in [-0.2, -0.15) is 0 Å². The van der Waals surface area contributed by atoms with Crippen molar-refractivity contribution in [3.63, 3.8) is 0 Å². The molecule has 0 spiro atoms. The number of carbonyl (C=O) groups is 1. The lowest BCUT2D eigenvalue weighted by molar-refractivity contribution is -0.124. The highest BCUT2D eigenvalue weighted by molar-refractivity contribution is 5.82. The summed E-state index contributed by atoms with van der Waals surface area (Å²) < 4.78 is 5.59. The average Bonchev–Trinajstić information content (AvgIpc) is 2.64. The summed E-state index contributed by atoms with van der Waals surface area (Å²) in [6.07, 6.45) is 4.31. The van der Waals surface area contributed by atoms with Crippen molar-refractivity contribution in [2.45, 2.75) is 37.9 Å². The Morgan fingerprint density at radius 2 is 2.33 bits per heavy atom. The summed E-state index contributed by atoms with van der Waals surface area (Å²) in [5.41, 5.74) is 5.33. The van der Waals surface area contributed by atoms with E-state index in [1.807, 2.05) is 0 Å². The van der Waals surface area contributed by atoms with Gasteiger partial charge in [0.1, 0.15) is 5.78 Å². The van der Waals surface area contributed by atoms with Crippen molar-refractivity contribution in [2.24, 2.45) is 11.7 Å². The molecule has 3 unspecified atom stereocenters. The Morgan fingerprint density at radius 3 is 2.83 bits per heavy atom. The molecule has 3 heteroatoms. The highest BCUT2D eigenvalue weighted by Crippen LogP contribution is 2.39. The maximum Gasteiger partial charge on any atom is 0.139 e. The monoisotopic (exact) mass is 169 g/mol. The Kier molecular flexibility index (Phi) is 2.15. The van der Waals surface area contributed by atoms with Crippen LogP contribution in [0.15, 0.2) is 0 Å². The van der Waals surface area contributed by atoms with Crippen molar-refractivity contribution < 1.29 is 9.53 Å². The van der Waals surface area contributed by atoms with Crippen LogP contribution in [-0.4, -0.2) is 24.5 Å². The minimum atomic E-state index is 0.173. The van der Waals surface area contributed by atoms with E-state index in [1.54, 1.807) is 0 Å². The van der Waals surface area contributed by atoms with Crippen molar-refractivity contribution >= 4 is 5.78 Å². The number of fused-ring (bicyclic) bond motifs is 2. The van der Waals surface area contributed by atoms with Crippen molar-refractivity contribution in [1.82, 2.24) is 0 Å². The van der Waals surface area contributed by atoms with Crippen LogP contribution in [0.3, 0.4) is 0 Å². The molecule has 0 aromatic heterocycles. The lowest BCUT2D eigenvalue weighted by Crippen LogP contribution is -2.26. The van der Waals surface area contributed by atoms with E-state index in [2.05, 4.69) is 0 Å². The summed E-state index contributed by atoms with van der Waals surface area (Å²) in [7, 11) is 0. The number of nitrogens with two attached hydrogens (primary N) is 1. The molecule has 2 bridgehead atoms. The fourth-order valence-electron chi connectivity index (χ4n) is 2.30. The van der Waals surface area contributed by atoms with Crippen LogP contribution in [0.4, 0.5) is 0 Å². The van der Waals surface area contributed by atoms with E-state index in [-0.39, 0.29) is 12.0 Å². The van der Waals surface area contributed by atoms with E-state index in [0.29, 0.717) is 24.9 Å². The first kappa shape index (κ1) is 8.20. The number of Topliss-reactive ketones (excluding diaryl/α,β-unsaturated/α-hetero) is 1. The van der Waals surface area contributed by atoms with Gasteiger partial charge in [0, 0.05) is 12.3 Å². The van der Waals surface area contributed by atoms with Crippen molar-refractivity contribution in [2.75, 3.05) is 6.54 Å². The van der Waals surface area contributed by atoms with Crippen molar-refractivity contribution in [3.05, 3.63) is 0 Å². The van der Waals surface area contributed by atoms with Gasteiger partial charge < -0.3 is 10.5 Å². The van der Waals surface area contributed by atoms with Crippen LogP contribution in [0.1, 0.15) is 25.7 Å². The molecule has 0 aromatic rings. The van der Waals surface area contributed by atoms with Crippen LogP contribution in [0.2, 0.25) is 0 Å². The first-order chi connectivity index (χ1) is 5.81. The van der Waals surface area contributed by atoms with Crippen LogP contribution >= 0.6 is 0 Å². The van der Waals surface area contributed by atoms with Crippen molar-refractivity contribution in [3.8, 4) is 0 Å². The lowest BCUT2D eigenvalue weighted by Gasteiger charge is -2.16. The second-order valence-corrected chi connectivity index (χ2v) is 3.72. The Morgan fingerprint density at radius 1 is 1.50 bits per heavy atom. The minimum Gasteiger partial charge on any atom is -0.374 e. The molecule has 12 heavy (non-hydrogen) atoms. The number of hydrogen-bond donors (Lipinski definition) is 1. The Labute approximate surface area is 72.3 Å². The van der Waals surface area contributed by atoms with E-state index in [4.69, 9.17) is 10.5 Å². The van der Waals surface area contributed by atoms with Gasteiger partial charge in [-0.25, -0.2) is 0 Å². The molecule has 2 aliphatic rings. The molecule has 3 atom stereocenters. The first-order valence-electron chi connectivity index (χ1n) is 4.69. The molecule has 0 aliphatic carbocycles. The molecule has 0 saturated carbocycles. The molecule has 0 radical (unpaired) electrons. The third-order valence-corrected chi connectivity index (χ3v) is 2.91. The zero-order valence-electron chi connectivity index (χ0n) is 7.16. The molecule has 2 fully saturated rings. The molecule has 2 saturated heterocycles. The molecule has 2 N–H and O–H groups in total. The highest BCUT2D eigenvalue weighted by atomic mass is 16.5. The first-order valence-corrected chi connectivity index (χ1v) is 4.69. The van der Waals surface area contributed by atoms with E-state index >= 15 is 0 Å². The maximum atomic E-state index is 11.5. The van der Waals surface area contributed by atoms with E-state index in [9.17, 15) is 4.79 Å². The number of rotatable bonds is 3. The number of ether oxygens (including phenoxy) is 1.